The summed E-state index contributed by atoms with van der Waals surface area (Å²) in [5.41, 5.74) is 8.31. The van der Waals surface area contributed by atoms with Gasteiger partial charge in [0.2, 0.25) is 5.89 Å². The molecule has 0 saturated heterocycles. The highest BCUT2D eigenvalue weighted by Gasteiger charge is 2.35. The van der Waals surface area contributed by atoms with Gasteiger partial charge in [-0.3, -0.25) is 0 Å². The van der Waals surface area contributed by atoms with Crippen LogP contribution in [0.1, 0.15) is 48.5 Å². The molecular formula is C17H24ClN3O2. The molecule has 0 radical (unpaired) electrons. The molecule has 1 aliphatic carbocycles. The Morgan fingerprint density at radius 1 is 1.26 bits per heavy atom. The number of hydrogen-bond donors (Lipinski definition) is 1. The molecule has 1 aliphatic rings. The molecule has 126 valence electrons. The SMILES string of the molecule is Cc1ccc(OCCc2nc(C3(N)CCCC3)no2)c(C)c1.Cl. The monoisotopic (exact) mass is 337 g/mol. The first-order chi connectivity index (χ1) is 10.6. The van der Waals surface area contributed by atoms with Crippen LogP contribution in [0, 0.1) is 13.8 Å². The molecule has 1 fully saturated rings. The van der Waals surface area contributed by atoms with Crippen LogP contribution in [0.2, 0.25) is 0 Å². The van der Waals surface area contributed by atoms with E-state index >= 15 is 0 Å². The van der Waals surface area contributed by atoms with E-state index in [-0.39, 0.29) is 12.4 Å². The largest absolute Gasteiger partial charge is 0.493 e. The molecule has 0 aliphatic heterocycles. The maximum atomic E-state index is 6.33. The molecule has 1 aromatic heterocycles. The molecule has 1 saturated carbocycles. The van der Waals surface area contributed by atoms with Gasteiger partial charge in [0, 0.05) is 0 Å². The van der Waals surface area contributed by atoms with Crippen molar-refractivity contribution in [1.82, 2.24) is 10.1 Å². The number of benzene rings is 1. The third-order valence-corrected chi connectivity index (χ3v) is 4.31. The predicted molar refractivity (Wildman–Crippen MR) is 91.0 cm³/mol. The molecule has 2 N–H and O–H groups in total. The Bertz CT molecular complexity index is 651. The summed E-state index contributed by atoms with van der Waals surface area (Å²) >= 11 is 0. The van der Waals surface area contributed by atoms with Crippen molar-refractivity contribution in [3.63, 3.8) is 0 Å². The summed E-state index contributed by atoms with van der Waals surface area (Å²) in [7, 11) is 0. The summed E-state index contributed by atoms with van der Waals surface area (Å²) in [6.45, 7) is 4.64. The standard InChI is InChI=1S/C17H23N3O2.ClH/c1-12-5-6-14(13(2)11-12)21-10-7-15-19-16(20-22-15)17(18)8-3-4-9-17;/h5-6,11H,3-4,7-10,18H2,1-2H3;1H. The third-order valence-electron chi connectivity index (χ3n) is 4.31. The maximum Gasteiger partial charge on any atom is 0.230 e. The van der Waals surface area contributed by atoms with E-state index < -0.39 is 5.54 Å². The minimum atomic E-state index is -0.393. The van der Waals surface area contributed by atoms with Crippen molar-refractivity contribution < 1.29 is 9.26 Å². The minimum Gasteiger partial charge on any atom is -0.493 e. The molecule has 0 bridgehead atoms. The quantitative estimate of drug-likeness (QED) is 0.904. The second-order valence-corrected chi connectivity index (χ2v) is 6.24. The van der Waals surface area contributed by atoms with Crippen molar-refractivity contribution in [3.05, 3.63) is 41.0 Å². The number of nitrogens with zero attached hydrogens (tertiary/aromatic N) is 2. The zero-order chi connectivity index (χ0) is 15.6. The van der Waals surface area contributed by atoms with Gasteiger partial charge in [-0.2, -0.15) is 4.98 Å². The zero-order valence-corrected chi connectivity index (χ0v) is 14.5. The molecule has 0 unspecified atom stereocenters. The van der Waals surface area contributed by atoms with Crippen molar-refractivity contribution in [2.45, 2.75) is 51.5 Å². The summed E-state index contributed by atoms with van der Waals surface area (Å²) < 4.78 is 11.1. The van der Waals surface area contributed by atoms with Crippen LogP contribution < -0.4 is 10.5 Å². The van der Waals surface area contributed by atoms with Crippen LogP contribution in [0.25, 0.3) is 0 Å². The number of rotatable bonds is 5. The number of halogens is 1. The number of aromatic nitrogens is 2. The fourth-order valence-corrected chi connectivity index (χ4v) is 3.00. The molecule has 3 rings (SSSR count). The number of aryl methyl sites for hydroxylation is 2. The van der Waals surface area contributed by atoms with Crippen LogP contribution in [-0.2, 0) is 12.0 Å². The van der Waals surface area contributed by atoms with E-state index in [2.05, 4.69) is 23.1 Å². The molecule has 2 aromatic rings. The Hall–Kier alpha value is -1.59. The fraction of sp³-hybridized carbons (Fsp3) is 0.529. The highest BCUT2D eigenvalue weighted by molar-refractivity contribution is 5.85. The van der Waals surface area contributed by atoms with Crippen LogP contribution in [0.4, 0.5) is 0 Å². The molecule has 1 heterocycles. The normalized spacial score (nSPS) is 16.1. The van der Waals surface area contributed by atoms with Crippen molar-refractivity contribution in [2.24, 2.45) is 5.73 Å². The Morgan fingerprint density at radius 3 is 2.70 bits per heavy atom. The van der Waals surface area contributed by atoms with Gasteiger partial charge in [0.1, 0.15) is 5.75 Å². The number of ether oxygens (including phenoxy) is 1. The van der Waals surface area contributed by atoms with E-state index in [0.29, 0.717) is 24.7 Å². The van der Waals surface area contributed by atoms with Gasteiger partial charge in [0.25, 0.3) is 0 Å². The molecule has 23 heavy (non-hydrogen) atoms. The zero-order valence-electron chi connectivity index (χ0n) is 13.7. The van der Waals surface area contributed by atoms with E-state index in [0.717, 1.165) is 37.0 Å². The van der Waals surface area contributed by atoms with Crippen molar-refractivity contribution in [3.8, 4) is 5.75 Å². The average molecular weight is 338 g/mol. The van der Waals surface area contributed by atoms with Crippen LogP contribution in [0.15, 0.2) is 22.7 Å². The second-order valence-electron chi connectivity index (χ2n) is 6.24. The first kappa shape index (κ1) is 17.8. The van der Waals surface area contributed by atoms with E-state index in [9.17, 15) is 0 Å². The van der Waals surface area contributed by atoms with Gasteiger partial charge in [-0.1, -0.05) is 35.7 Å². The molecule has 0 amide bonds. The van der Waals surface area contributed by atoms with Gasteiger partial charge in [0.15, 0.2) is 5.82 Å². The Morgan fingerprint density at radius 2 is 2.00 bits per heavy atom. The van der Waals surface area contributed by atoms with Gasteiger partial charge in [0.05, 0.1) is 18.6 Å². The molecule has 5 nitrogen and oxygen atoms in total. The minimum absolute atomic E-state index is 0. The molecule has 0 atom stereocenters. The summed E-state index contributed by atoms with van der Waals surface area (Å²) in [4.78, 5) is 4.45. The molecule has 0 spiro atoms. The van der Waals surface area contributed by atoms with E-state index in [1.807, 2.05) is 19.1 Å². The fourth-order valence-electron chi connectivity index (χ4n) is 3.00. The summed E-state index contributed by atoms with van der Waals surface area (Å²) in [6.07, 6.45) is 4.73. The van der Waals surface area contributed by atoms with E-state index in [1.165, 1.54) is 5.56 Å². The lowest BCUT2D eigenvalue weighted by atomic mass is 9.99. The van der Waals surface area contributed by atoms with Crippen molar-refractivity contribution in [1.29, 1.82) is 0 Å². The van der Waals surface area contributed by atoms with E-state index in [4.69, 9.17) is 15.0 Å². The van der Waals surface area contributed by atoms with Crippen LogP contribution in [0.3, 0.4) is 0 Å². The van der Waals surface area contributed by atoms with Gasteiger partial charge < -0.3 is 15.0 Å². The Kier molecular flexibility index (Phi) is 5.65. The Balaban J connectivity index is 0.00000192. The lowest BCUT2D eigenvalue weighted by Crippen LogP contribution is -2.34. The molecule has 1 aromatic carbocycles. The van der Waals surface area contributed by atoms with Crippen molar-refractivity contribution in [2.75, 3.05) is 6.61 Å². The first-order valence-corrected chi connectivity index (χ1v) is 7.89. The van der Waals surface area contributed by atoms with Gasteiger partial charge in [-0.05, 0) is 38.3 Å². The highest BCUT2D eigenvalue weighted by Crippen LogP contribution is 2.34. The highest BCUT2D eigenvalue weighted by atomic mass is 35.5. The topological polar surface area (TPSA) is 74.2 Å². The lowest BCUT2D eigenvalue weighted by Gasteiger charge is -2.17. The Labute approximate surface area is 143 Å². The second kappa shape index (κ2) is 7.32. The number of nitrogens with two attached hydrogens (primary N) is 1. The van der Waals surface area contributed by atoms with E-state index in [1.54, 1.807) is 0 Å². The lowest BCUT2D eigenvalue weighted by molar-refractivity contribution is 0.288. The first-order valence-electron chi connectivity index (χ1n) is 7.89. The molecular weight excluding hydrogens is 314 g/mol. The van der Waals surface area contributed by atoms with Gasteiger partial charge in [-0.25, -0.2) is 0 Å². The summed E-state index contributed by atoms with van der Waals surface area (Å²) in [5.74, 6) is 2.14. The molecule has 6 heteroatoms. The van der Waals surface area contributed by atoms with Gasteiger partial charge >= 0.3 is 0 Å². The summed E-state index contributed by atoms with van der Waals surface area (Å²) in [6, 6.07) is 6.15. The predicted octanol–water partition coefficient (Wildman–Crippen LogP) is 3.46. The van der Waals surface area contributed by atoms with Crippen LogP contribution in [-0.4, -0.2) is 16.7 Å². The number of hydrogen-bond acceptors (Lipinski definition) is 5. The summed E-state index contributed by atoms with van der Waals surface area (Å²) in [5, 5.41) is 4.06. The van der Waals surface area contributed by atoms with Crippen molar-refractivity contribution >= 4 is 12.4 Å². The third kappa shape index (κ3) is 4.03. The smallest absolute Gasteiger partial charge is 0.230 e. The maximum absolute atomic E-state index is 6.33. The van der Waals surface area contributed by atoms with Crippen LogP contribution >= 0.6 is 12.4 Å². The average Bonchev–Trinajstić information content (AvgIpc) is 3.11. The van der Waals surface area contributed by atoms with Gasteiger partial charge in [-0.15, -0.1) is 12.4 Å². The van der Waals surface area contributed by atoms with Crippen LogP contribution in [0.5, 0.6) is 5.75 Å².